The molecule has 1 heterocycles. The summed E-state index contributed by atoms with van der Waals surface area (Å²) in [5.41, 5.74) is 1.06. The van der Waals surface area contributed by atoms with E-state index in [9.17, 15) is 14.7 Å². The van der Waals surface area contributed by atoms with Crippen molar-refractivity contribution in [3.8, 4) is 5.75 Å². The van der Waals surface area contributed by atoms with E-state index in [1.165, 1.54) is 6.07 Å². The number of aromatic hydroxyl groups is 1. The first-order valence-electron chi connectivity index (χ1n) is 5.21. The van der Waals surface area contributed by atoms with E-state index in [1.807, 2.05) is 0 Å². The molecule has 0 aromatic heterocycles. The van der Waals surface area contributed by atoms with Crippen molar-refractivity contribution in [3.63, 3.8) is 0 Å². The van der Waals surface area contributed by atoms with Gasteiger partial charge in [0.1, 0.15) is 23.0 Å². The number of phenols is 1. The maximum Gasteiger partial charge on any atom is 0.342 e. The molecule has 1 aliphatic heterocycles. The van der Waals surface area contributed by atoms with Crippen molar-refractivity contribution in [1.29, 1.82) is 0 Å². The van der Waals surface area contributed by atoms with Gasteiger partial charge in [-0.1, -0.05) is 0 Å². The van der Waals surface area contributed by atoms with E-state index in [0.717, 1.165) is 0 Å². The summed E-state index contributed by atoms with van der Waals surface area (Å²) in [6.45, 7) is 3.47. The number of hydrogen-bond acceptors (Lipinski definition) is 4. The Morgan fingerprint density at radius 1 is 1.53 bits per heavy atom. The molecule has 90 valence electrons. The van der Waals surface area contributed by atoms with E-state index in [0.29, 0.717) is 17.5 Å². The molecule has 0 amide bonds. The summed E-state index contributed by atoms with van der Waals surface area (Å²) < 4.78 is 4.99. The Hall–Kier alpha value is -2.04. The number of fused-ring (bicyclic) bond motifs is 1. The molecular formula is C12H12O5. The van der Waals surface area contributed by atoms with Crippen LogP contribution in [-0.2, 0) is 11.2 Å². The van der Waals surface area contributed by atoms with Crippen LogP contribution in [0.2, 0.25) is 0 Å². The highest BCUT2D eigenvalue weighted by Gasteiger charge is 2.31. The van der Waals surface area contributed by atoms with Gasteiger partial charge in [-0.05, 0) is 31.0 Å². The van der Waals surface area contributed by atoms with Crippen LogP contribution in [0.25, 0.3) is 0 Å². The zero-order valence-corrected chi connectivity index (χ0v) is 9.48. The molecule has 2 N–H and O–H groups in total. The van der Waals surface area contributed by atoms with Gasteiger partial charge < -0.3 is 14.9 Å². The summed E-state index contributed by atoms with van der Waals surface area (Å²) in [6, 6.07) is 1.38. The Bertz CT molecular complexity index is 518. The Morgan fingerprint density at radius 2 is 2.18 bits per heavy atom. The third-order valence-corrected chi connectivity index (χ3v) is 2.86. The Morgan fingerprint density at radius 3 is 2.76 bits per heavy atom. The van der Waals surface area contributed by atoms with Gasteiger partial charge in [0.15, 0.2) is 0 Å². The molecule has 0 saturated carbocycles. The van der Waals surface area contributed by atoms with Crippen LogP contribution < -0.4 is 0 Å². The number of carboxylic acids is 1. The number of aromatic carboxylic acids is 1. The first-order chi connectivity index (χ1) is 7.91. The van der Waals surface area contributed by atoms with Crippen molar-refractivity contribution in [2.75, 3.05) is 0 Å². The quantitative estimate of drug-likeness (QED) is 0.722. The molecule has 0 saturated heterocycles. The highest BCUT2D eigenvalue weighted by atomic mass is 16.5. The fourth-order valence-electron chi connectivity index (χ4n) is 2.06. The minimum Gasteiger partial charge on any atom is -0.506 e. The van der Waals surface area contributed by atoms with E-state index in [4.69, 9.17) is 9.84 Å². The van der Waals surface area contributed by atoms with E-state index >= 15 is 0 Å². The van der Waals surface area contributed by atoms with Crippen molar-refractivity contribution in [3.05, 3.63) is 28.3 Å². The molecule has 0 unspecified atom stereocenters. The number of carbonyl (C=O) groups excluding carboxylic acids is 1. The van der Waals surface area contributed by atoms with Crippen LogP contribution in [0.4, 0.5) is 0 Å². The van der Waals surface area contributed by atoms with E-state index < -0.39 is 17.7 Å². The van der Waals surface area contributed by atoms with Gasteiger partial charge in [0.25, 0.3) is 0 Å². The predicted octanol–water partition coefficient (Wildman–Crippen LogP) is 1.50. The number of benzene rings is 1. The maximum atomic E-state index is 11.7. The molecule has 0 bridgehead atoms. The zero-order valence-electron chi connectivity index (χ0n) is 9.48. The minimum absolute atomic E-state index is 0.0134. The number of carboxylic acid groups (broad SMARTS) is 1. The van der Waals surface area contributed by atoms with Crippen molar-refractivity contribution >= 4 is 11.9 Å². The second-order valence-electron chi connectivity index (χ2n) is 4.17. The monoisotopic (exact) mass is 236 g/mol. The van der Waals surface area contributed by atoms with Gasteiger partial charge in [-0.15, -0.1) is 0 Å². The number of rotatable bonds is 1. The largest absolute Gasteiger partial charge is 0.506 e. The normalized spacial score (nSPS) is 18.5. The number of hydrogen-bond donors (Lipinski definition) is 2. The molecule has 1 atom stereocenters. The second kappa shape index (κ2) is 3.76. The summed E-state index contributed by atoms with van der Waals surface area (Å²) in [6.07, 6.45) is 0.226. The molecule has 17 heavy (non-hydrogen) atoms. The lowest BCUT2D eigenvalue weighted by molar-refractivity contribution is 0.0296. The third kappa shape index (κ3) is 1.73. The van der Waals surface area contributed by atoms with Crippen LogP contribution in [-0.4, -0.2) is 28.3 Å². The average molecular weight is 236 g/mol. The fraction of sp³-hybridized carbons (Fsp3) is 0.333. The fourth-order valence-corrected chi connectivity index (χ4v) is 2.06. The Balaban J connectivity index is 2.71. The summed E-state index contributed by atoms with van der Waals surface area (Å²) in [4.78, 5) is 22.6. The Labute approximate surface area is 97.6 Å². The van der Waals surface area contributed by atoms with Gasteiger partial charge in [-0.2, -0.15) is 0 Å². The van der Waals surface area contributed by atoms with Gasteiger partial charge in [-0.3, -0.25) is 0 Å². The van der Waals surface area contributed by atoms with Crippen LogP contribution in [0.15, 0.2) is 6.07 Å². The van der Waals surface area contributed by atoms with Gasteiger partial charge in [0, 0.05) is 6.42 Å². The lowest BCUT2D eigenvalue weighted by atomic mass is 9.91. The van der Waals surface area contributed by atoms with Crippen molar-refractivity contribution in [2.45, 2.75) is 26.4 Å². The van der Waals surface area contributed by atoms with Crippen LogP contribution in [0.1, 0.15) is 38.8 Å². The number of aryl methyl sites for hydroxylation is 1. The summed E-state index contributed by atoms with van der Waals surface area (Å²) in [5, 5.41) is 18.7. The van der Waals surface area contributed by atoms with E-state index in [-0.39, 0.29) is 17.2 Å². The standard InChI is InChI=1S/C12H12O5/c1-5-3-8(11(14)15)10(13)9-7(5)4-6(2)17-12(9)16/h3,6,13H,4H2,1-2H3,(H,14,15)/t6-/m1/s1. The SMILES string of the molecule is Cc1cc(C(=O)O)c(O)c2c1C[C@@H](C)OC2=O. The topological polar surface area (TPSA) is 83.8 Å². The summed E-state index contributed by atoms with van der Waals surface area (Å²) in [7, 11) is 0. The van der Waals surface area contributed by atoms with Crippen LogP contribution in [0.3, 0.4) is 0 Å². The van der Waals surface area contributed by atoms with Crippen molar-refractivity contribution in [1.82, 2.24) is 0 Å². The molecular weight excluding hydrogens is 224 g/mol. The van der Waals surface area contributed by atoms with Crippen molar-refractivity contribution in [2.24, 2.45) is 0 Å². The van der Waals surface area contributed by atoms with Gasteiger partial charge in [-0.25, -0.2) is 9.59 Å². The molecule has 0 radical (unpaired) electrons. The molecule has 1 aromatic carbocycles. The van der Waals surface area contributed by atoms with Crippen LogP contribution >= 0.6 is 0 Å². The summed E-state index contributed by atoms with van der Waals surface area (Å²) in [5.74, 6) is -2.43. The van der Waals surface area contributed by atoms with Gasteiger partial charge in [0.2, 0.25) is 0 Å². The number of carbonyl (C=O) groups is 2. The predicted molar refractivity (Wildman–Crippen MR) is 58.4 cm³/mol. The smallest absolute Gasteiger partial charge is 0.342 e. The molecule has 2 rings (SSSR count). The first kappa shape index (κ1) is 11.4. The zero-order chi connectivity index (χ0) is 12.7. The molecule has 0 fully saturated rings. The molecule has 5 heteroatoms. The highest BCUT2D eigenvalue weighted by molar-refractivity contribution is 6.01. The lowest BCUT2D eigenvalue weighted by Gasteiger charge is -2.24. The molecule has 0 spiro atoms. The van der Waals surface area contributed by atoms with E-state index in [2.05, 4.69) is 0 Å². The lowest BCUT2D eigenvalue weighted by Crippen LogP contribution is -2.26. The summed E-state index contributed by atoms with van der Waals surface area (Å²) >= 11 is 0. The van der Waals surface area contributed by atoms with Crippen LogP contribution in [0, 0.1) is 6.92 Å². The Kier molecular flexibility index (Phi) is 2.53. The van der Waals surface area contributed by atoms with E-state index in [1.54, 1.807) is 13.8 Å². The van der Waals surface area contributed by atoms with Crippen molar-refractivity contribution < 1.29 is 24.5 Å². The average Bonchev–Trinajstić information content (AvgIpc) is 2.21. The molecule has 5 nitrogen and oxygen atoms in total. The first-order valence-corrected chi connectivity index (χ1v) is 5.21. The molecule has 1 aromatic rings. The third-order valence-electron chi connectivity index (χ3n) is 2.86. The number of cyclic esters (lactones) is 1. The maximum absolute atomic E-state index is 11.7. The molecule has 1 aliphatic rings. The van der Waals surface area contributed by atoms with Crippen LogP contribution in [0.5, 0.6) is 5.75 Å². The minimum atomic E-state index is -1.26. The molecule has 0 aliphatic carbocycles. The van der Waals surface area contributed by atoms with Gasteiger partial charge >= 0.3 is 11.9 Å². The number of esters is 1. The number of ether oxygens (including phenoxy) is 1. The highest BCUT2D eigenvalue weighted by Crippen LogP contribution is 2.33. The second-order valence-corrected chi connectivity index (χ2v) is 4.17. The van der Waals surface area contributed by atoms with Gasteiger partial charge in [0.05, 0.1) is 0 Å².